The second kappa shape index (κ2) is 5.76. The summed E-state index contributed by atoms with van der Waals surface area (Å²) in [6.07, 6.45) is 7.52. The number of likely N-dealkylation sites (tertiary alicyclic amines) is 1. The number of halogens is 1. The molecule has 0 aromatic heterocycles. The Kier molecular flexibility index (Phi) is 4.01. The van der Waals surface area contributed by atoms with E-state index in [-0.39, 0.29) is 5.60 Å². The molecule has 0 aliphatic carbocycles. The quantitative estimate of drug-likeness (QED) is 0.931. The highest BCUT2D eigenvalue weighted by Crippen LogP contribution is 2.37. The molecule has 1 aromatic rings. The van der Waals surface area contributed by atoms with Gasteiger partial charge in [-0.2, -0.15) is 0 Å². The summed E-state index contributed by atoms with van der Waals surface area (Å²) in [6.45, 7) is 4.02. The van der Waals surface area contributed by atoms with Gasteiger partial charge in [-0.1, -0.05) is 17.7 Å². The topological polar surface area (TPSA) is 38.5 Å². The van der Waals surface area contributed by atoms with Crippen molar-refractivity contribution < 1.29 is 4.74 Å². The molecule has 1 spiro atoms. The number of fused-ring (bicyclic) bond motifs is 1. The molecule has 0 atom stereocenters. The van der Waals surface area contributed by atoms with Gasteiger partial charge in [-0.05, 0) is 43.8 Å². The summed E-state index contributed by atoms with van der Waals surface area (Å²) in [6, 6.07) is 5.82. The highest BCUT2D eigenvalue weighted by atomic mass is 35.5. The highest BCUT2D eigenvalue weighted by molar-refractivity contribution is 6.30. The fourth-order valence-corrected chi connectivity index (χ4v) is 3.16. The van der Waals surface area contributed by atoms with Crippen molar-refractivity contribution in [3.8, 4) is 5.75 Å². The average molecular weight is 293 g/mol. The van der Waals surface area contributed by atoms with Gasteiger partial charge in [0.15, 0.2) is 0 Å². The lowest BCUT2D eigenvalue weighted by molar-refractivity contribution is 0.0386. The van der Waals surface area contributed by atoms with E-state index in [1.165, 1.54) is 0 Å². The Morgan fingerprint density at radius 3 is 2.85 bits per heavy atom. The highest BCUT2D eigenvalue weighted by Gasteiger charge is 2.36. The summed E-state index contributed by atoms with van der Waals surface area (Å²) in [5.41, 5.74) is 6.53. The minimum Gasteiger partial charge on any atom is -0.482 e. The predicted octanol–water partition coefficient (Wildman–Crippen LogP) is 2.93. The number of ether oxygens (including phenoxy) is 1. The normalized spacial score (nSPS) is 20.7. The Morgan fingerprint density at radius 1 is 1.30 bits per heavy atom. The molecule has 0 unspecified atom stereocenters. The number of nitrogens with zero attached hydrogens (tertiary/aromatic N) is 1. The summed E-state index contributed by atoms with van der Waals surface area (Å²) in [4.78, 5) is 2.48. The first kappa shape index (κ1) is 13.9. The predicted molar refractivity (Wildman–Crippen MR) is 83.2 cm³/mol. The number of hydrogen-bond donors (Lipinski definition) is 1. The number of rotatable bonds is 3. The Labute approximate surface area is 125 Å². The van der Waals surface area contributed by atoms with E-state index in [2.05, 4.69) is 17.1 Å². The summed E-state index contributed by atoms with van der Waals surface area (Å²) < 4.78 is 6.27. The van der Waals surface area contributed by atoms with Crippen LogP contribution in [0, 0.1) is 0 Å². The Morgan fingerprint density at radius 2 is 2.10 bits per heavy atom. The number of hydrogen-bond acceptors (Lipinski definition) is 3. The molecule has 4 heteroatoms. The van der Waals surface area contributed by atoms with E-state index in [0.717, 1.165) is 61.8 Å². The summed E-state index contributed by atoms with van der Waals surface area (Å²) in [7, 11) is 0. The van der Waals surface area contributed by atoms with Crippen LogP contribution in [0.15, 0.2) is 24.3 Å². The van der Waals surface area contributed by atoms with Crippen LogP contribution in [-0.2, 0) is 0 Å². The van der Waals surface area contributed by atoms with Crippen LogP contribution in [0.1, 0.15) is 24.8 Å². The van der Waals surface area contributed by atoms with Gasteiger partial charge in [0.05, 0.1) is 0 Å². The van der Waals surface area contributed by atoms with E-state index in [0.29, 0.717) is 0 Å². The van der Waals surface area contributed by atoms with E-state index in [1.54, 1.807) is 0 Å². The zero-order chi connectivity index (χ0) is 14.0. The van der Waals surface area contributed by atoms with Crippen molar-refractivity contribution >= 4 is 17.7 Å². The summed E-state index contributed by atoms with van der Waals surface area (Å²) in [5, 5.41) is 0.754. The van der Waals surface area contributed by atoms with E-state index in [1.807, 2.05) is 18.2 Å². The molecule has 0 saturated carbocycles. The second-order valence-corrected chi connectivity index (χ2v) is 6.10. The van der Waals surface area contributed by atoms with Crippen LogP contribution in [0.25, 0.3) is 6.08 Å². The lowest BCUT2D eigenvalue weighted by atomic mass is 9.88. The summed E-state index contributed by atoms with van der Waals surface area (Å²) >= 11 is 6.02. The molecule has 2 aliphatic heterocycles. The van der Waals surface area contributed by atoms with Crippen LogP contribution in [0.2, 0.25) is 5.02 Å². The first-order valence-electron chi connectivity index (χ1n) is 7.31. The van der Waals surface area contributed by atoms with Gasteiger partial charge >= 0.3 is 0 Å². The third-order valence-electron chi connectivity index (χ3n) is 4.23. The maximum atomic E-state index is 6.27. The number of benzene rings is 1. The van der Waals surface area contributed by atoms with Gasteiger partial charge in [0.1, 0.15) is 11.4 Å². The first-order valence-corrected chi connectivity index (χ1v) is 7.69. The lowest BCUT2D eigenvalue weighted by Crippen LogP contribution is -2.47. The molecule has 1 aromatic carbocycles. The van der Waals surface area contributed by atoms with Gasteiger partial charge in [0.2, 0.25) is 0 Å². The van der Waals surface area contributed by atoms with E-state index >= 15 is 0 Å². The van der Waals surface area contributed by atoms with Gasteiger partial charge < -0.3 is 15.4 Å². The van der Waals surface area contributed by atoms with Gasteiger partial charge in [-0.25, -0.2) is 0 Å². The number of piperidine rings is 1. The van der Waals surface area contributed by atoms with Crippen LogP contribution in [0.4, 0.5) is 0 Å². The van der Waals surface area contributed by atoms with Crippen molar-refractivity contribution in [1.82, 2.24) is 4.90 Å². The molecule has 2 N–H and O–H groups in total. The molecule has 1 fully saturated rings. The Bertz CT molecular complexity index is 507. The van der Waals surface area contributed by atoms with Crippen molar-refractivity contribution in [2.24, 2.45) is 5.73 Å². The third-order valence-corrected chi connectivity index (χ3v) is 4.47. The SMILES string of the molecule is NCCCN1CCC2(C=Cc3cc(Cl)ccc3O2)CC1. The molecule has 0 amide bonds. The molecule has 0 radical (unpaired) electrons. The van der Waals surface area contributed by atoms with E-state index in [4.69, 9.17) is 22.1 Å². The maximum absolute atomic E-state index is 6.27. The van der Waals surface area contributed by atoms with E-state index in [9.17, 15) is 0 Å². The third kappa shape index (κ3) is 2.85. The first-order chi connectivity index (χ1) is 9.71. The average Bonchev–Trinajstić information content (AvgIpc) is 2.47. The fourth-order valence-electron chi connectivity index (χ4n) is 2.98. The van der Waals surface area contributed by atoms with Crippen LogP contribution < -0.4 is 10.5 Å². The fraction of sp³-hybridized carbons (Fsp3) is 0.500. The molecule has 20 heavy (non-hydrogen) atoms. The smallest absolute Gasteiger partial charge is 0.130 e. The molecular weight excluding hydrogens is 272 g/mol. The minimum absolute atomic E-state index is 0.125. The van der Waals surface area contributed by atoms with Crippen molar-refractivity contribution in [3.63, 3.8) is 0 Å². The molecule has 2 heterocycles. The van der Waals surface area contributed by atoms with Crippen LogP contribution in [-0.4, -0.2) is 36.7 Å². The Hall–Kier alpha value is -1.03. The monoisotopic (exact) mass is 292 g/mol. The maximum Gasteiger partial charge on any atom is 0.130 e. The molecule has 3 rings (SSSR count). The van der Waals surface area contributed by atoms with Gasteiger partial charge in [-0.15, -0.1) is 0 Å². The molecular formula is C16H21ClN2O. The lowest BCUT2D eigenvalue weighted by Gasteiger charge is -2.42. The largest absolute Gasteiger partial charge is 0.482 e. The Balaban J connectivity index is 1.67. The zero-order valence-electron chi connectivity index (χ0n) is 11.6. The molecule has 1 saturated heterocycles. The van der Waals surface area contributed by atoms with Crippen LogP contribution >= 0.6 is 11.6 Å². The molecule has 108 valence electrons. The number of nitrogens with two attached hydrogens (primary N) is 1. The summed E-state index contributed by atoms with van der Waals surface area (Å²) in [5.74, 6) is 0.951. The van der Waals surface area contributed by atoms with Gasteiger partial charge in [0, 0.05) is 36.5 Å². The second-order valence-electron chi connectivity index (χ2n) is 5.67. The van der Waals surface area contributed by atoms with Crippen LogP contribution in [0.3, 0.4) is 0 Å². The molecule has 3 nitrogen and oxygen atoms in total. The van der Waals surface area contributed by atoms with Crippen molar-refractivity contribution in [3.05, 3.63) is 34.9 Å². The van der Waals surface area contributed by atoms with Gasteiger partial charge in [0.25, 0.3) is 0 Å². The van der Waals surface area contributed by atoms with Crippen molar-refractivity contribution in [2.75, 3.05) is 26.2 Å². The van der Waals surface area contributed by atoms with Crippen LogP contribution in [0.5, 0.6) is 5.75 Å². The van der Waals surface area contributed by atoms with Gasteiger partial charge in [-0.3, -0.25) is 0 Å². The minimum atomic E-state index is -0.125. The van der Waals surface area contributed by atoms with Crippen molar-refractivity contribution in [1.29, 1.82) is 0 Å². The van der Waals surface area contributed by atoms with E-state index < -0.39 is 0 Å². The zero-order valence-corrected chi connectivity index (χ0v) is 12.4. The molecule has 0 bridgehead atoms. The van der Waals surface area contributed by atoms with Crippen molar-refractivity contribution in [2.45, 2.75) is 24.9 Å². The molecule has 2 aliphatic rings. The standard InChI is InChI=1S/C16H21ClN2O/c17-14-2-3-15-13(12-14)4-5-16(20-15)6-10-19(11-7-16)9-1-8-18/h2-5,12H,1,6-11,18H2.